The summed E-state index contributed by atoms with van der Waals surface area (Å²) in [5.41, 5.74) is 4.14. The third-order valence-corrected chi connectivity index (χ3v) is 5.72. The van der Waals surface area contributed by atoms with Crippen molar-refractivity contribution in [1.82, 2.24) is 4.57 Å². The summed E-state index contributed by atoms with van der Waals surface area (Å²) in [6.07, 6.45) is 4.03. The van der Waals surface area contributed by atoms with Crippen LogP contribution < -0.4 is 5.32 Å². The number of nitrogens with one attached hydrogen (secondary N) is 1. The Morgan fingerprint density at radius 1 is 0.906 bits per heavy atom. The molecule has 0 atom stereocenters. The number of carbonyl (C=O) groups excluding carboxylic acids is 1. The van der Waals surface area contributed by atoms with Crippen LogP contribution in [0.2, 0.25) is 0 Å². The number of amides is 1. The number of benzene rings is 3. The first-order chi connectivity index (χ1) is 15.7. The number of hydrogen-bond donors (Lipinski definition) is 1. The zero-order chi connectivity index (χ0) is 21.9. The Labute approximate surface area is 187 Å². The van der Waals surface area contributed by atoms with E-state index in [0.717, 1.165) is 44.6 Å². The van der Waals surface area contributed by atoms with Gasteiger partial charge in [-0.1, -0.05) is 72.8 Å². The van der Waals surface area contributed by atoms with Crippen molar-refractivity contribution in [1.29, 1.82) is 0 Å². The van der Waals surface area contributed by atoms with E-state index in [9.17, 15) is 4.79 Å². The fraction of sp³-hybridized carbons (Fsp3) is 0.107. The molecule has 4 heteroatoms. The van der Waals surface area contributed by atoms with Crippen molar-refractivity contribution in [2.75, 3.05) is 5.32 Å². The van der Waals surface area contributed by atoms with Gasteiger partial charge in [0, 0.05) is 12.7 Å². The molecule has 0 saturated heterocycles. The lowest BCUT2D eigenvalue weighted by Gasteiger charge is -2.13. The molecule has 5 rings (SSSR count). The van der Waals surface area contributed by atoms with Crippen molar-refractivity contribution in [3.05, 3.63) is 114 Å². The van der Waals surface area contributed by atoms with E-state index in [4.69, 9.17) is 4.42 Å². The second-order valence-corrected chi connectivity index (χ2v) is 7.99. The normalized spacial score (nSPS) is 11.0. The summed E-state index contributed by atoms with van der Waals surface area (Å²) in [5, 5.41) is 5.43. The molecule has 0 spiro atoms. The predicted octanol–water partition coefficient (Wildman–Crippen LogP) is 6.44. The van der Waals surface area contributed by atoms with Crippen LogP contribution in [-0.4, -0.2) is 10.5 Å². The molecule has 0 unspecified atom stereocenters. The van der Waals surface area contributed by atoms with Crippen LogP contribution in [0.15, 0.2) is 102 Å². The quantitative estimate of drug-likeness (QED) is 0.344. The molecule has 0 saturated carbocycles. The highest BCUT2D eigenvalue weighted by Crippen LogP contribution is 2.34. The van der Waals surface area contributed by atoms with Gasteiger partial charge in [0.2, 0.25) is 5.91 Å². The lowest BCUT2D eigenvalue weighted by atomic mass is 10.0. The third kappa shape index (κ3) is 3.95. The zero-order valence-corrected chi connectivity index (χ0v) is 17.9. The van der Waals surface area contributed by atoms with E-state index in [1.165, 1.54) is 0 Å². The number of anilines is 1. The number of furan rings is 1. The molecule has 0 radical (unpaired) electrons. The fourth-order valence-electron chi connectivity index (χ4n) is 4.26. The topological polar surface area (TPSA) is 47.2 Å². The zero-order valence-electron chi connectivity index (χ0n) is 17.9. The molecule has 2 heterocycles. The van der Waals surface area contributed by atoms with E-state index in [2.05, 4.69) is 46.4 Å². The van der Waals surface area contributed by atoms with Gasteiger partial charge in [0.05, 0.1) is 18.2 Å². The average Bonchev–Trinajstić information content (AvgIpc) is 3.43. The second kappa shape index (κ2) is 8.60. The molecule has 0 aliphatic rings. The van der Waals surface area contributed by atoms with Crippen LogP contribution in [0.5, 0.6) is 0 Å². The standard InChI is InChI=1S/C28H24N2O2/c1-20-18-30(19-21-9-3-2-4-10-21)28(27(20)25-15-8-16-32-25)29-26(31)17-23-13-7-12-22-11-5-6-14-24(22)23/h2-16,18H,17,19H2,1H3,(H,29,31). The smallest absolute Gasteiger partial charge is 0.229 e. The molecule has 0 aliphatic carbocycles. The average molecular weight is 421 g/mol. The van der Waals surface area contributed by atoms with Gasteiger partial charge in [-0.3, -0.25) is 4.79 Å². The van der Waals surface area contributed by atoms with Gasteiger partial charge in [-0.25, -0.2) is 0 Å². The number of aromatic nitrogens is 1. The molecule has 2 aromatic heterocycles. The highest BCUT2D eigenvalue weighted by atomic mass is 16.3. The fourth-order valence-corrected chi connectivity index (χ4v) is 4.26. The van der Waals surface area contributed by atoms with Gasteiger partial charge in [0.15, 0.2) is 0 Å². The minimum Gasteiger partial charge on any atom is -0.464 e. The summed E-state index contributed by atoms with van der Waals surface area (Å²) in [4.78, 5) is 13.2. The van der Waals surface area contributed by atoms with Crippen molar-refractivity contribution in [3.8, 4) is 11.3 Å². The molecule has 0 bridgehead atoms. The molecular weight excluding hydrogens is 396 g/mol. The number of hydrogen-bond acceptors (Lipinski definition) is 2. The summed E-state index contributed by atoms with van der Waals surface area (Å²) in [6.45, 7) is 2.70. The lowest BCUT2D eigenvalue weighted by Crippen LogP contribution is -2.18. The van der Waals surface area contributed by atoms with Crippen LogP contribution in [-0.2, 0) is 17.8 Å². The van der Waals surface area contributed by atoms with Crippen LogP contribution in [0.4, 0.5) is 5.82 Å². The molecule has 1 amide bonds. The first-order valence-corrected chi connectivity index (χ1v) is 10.7. The summed E-state index contributed by atoms with van der Waals surface area (Å²) in [5.74, 6) is 1.45. The van der Waals surface area contributed by atoms with Crippen molar-refractivity contribution in [3.63, 3.8) is 0 Å². The highest BCUT2D eigenvalue weighted by Gasteiger charge is 2.20. The third-order valence-electron chi connectivity index (χ3n) is 5.72. The van der Waals surface area contributed by atoms with E-state index in [-0.39, 0.29) is 5.91 Å². The Hall–Kier alpha value is -4.05. The van der Waals surface area contributed by atoms with Crippen molar-refractivity contribution in [2.45, 2.75) is 19.9 Å². The molecule has 0 fully saturated rings. The molecule has 4 nitrogen and oxygen atoms in total. The Balaban J connectivity index is 1.49. The Kier molecular flexibility index (Phi) is 5.34. The van der Waals surface area contributed by atoms with E-state index >= 15 is 0 Å². The number of fused-ring (bicyclic) bond motifs is 1. The number of carbonyl (C=O) groups is 1. The maximum atomic E-state index is 13.2. The highest BCUT2D eigenvalue weighted by molar-refractivity contribution is 5.98. The second-order valence-electron chi connectivity index (χ2n) is 7.99. The van der Waals surface area contributed by atoms with Crippen LogP contribution in [0.25, 0.3) is 22.1 Å². The molecule has 158 valence electrons. The van der Waals surface area contributed by atoms with E-state index in [0.29, 0.717) is 13.0 Å². The SMILES string of the molecule is Cc1cn(Cc2ccccc2)c(NC(=O)Cc2cccc3ccccc23)c1-c1ccco1. The van der Waals surface area contributed by atoms with Crippen LogP contribution in [0, 0.1) is 6.92 Å². The van der Waals surface area contributed by atoms with Crippen LogP contribution >= 0.6 is 0 Å². The molecular formula is C28H24N2O2. The Morgan fingerprint density at radius 3 is 2.50 bits per heavy atom. The first-order valence-electron chi connectivity index (χ1n) is 10.7. The lowest BCUT2D eigenvalue weighted by molar-refractivity contribution is -0.115. The molecule has 1 N–H and O–H groups in total. The van der Waals surface area contributed by atoms with Gasteiger partial charge in [-0.05, 0) is 46.5 Å². The summed E-state index contributed by atoms with van der Waals surface area (Å²) in [7, 11) is 0. The Morgan fingerprint density at radius 2 is 1.69 bits per heavy atom. The van der Waals surface area contributed by atoms with Crippen LogP contribution in [0.1, 0.15) is 16.7 Å². The number of aryl methyl sites for hydroxylation is 1. The monoisotopic (exact) mass is 420 g/mol. The van der Waals surface area contributed by atoms with Gasteiger partial charge >= 0.3 is 0 Å². The summed E-state index contributed by atoms with van der Waals surface area (Å²) in [6, 6.07) is 28.3. The maximum Gasteiger partial charge on any atom is 0.229 e. The maximum absolute atomic E-state index is 13.2. The summed E-state index contributed by atoms with van der Waals surface area (Å²) >= 11 is 0. The van der Waals surface area contributed by atoms with Gasteiger partial charge in [-0.2, -0.15) is 0 Å². The minimum atomic E-state index is -0.0541. The largest absolute Gasteiger partial charge is 0.464 e. The number of rotatable bonds is 6. The Bertz CT molecular complexity index is 1360. The van der Waals surface area contributed by atoms with Crippen molar-refractivity contribution >= 4 is 22.5 Å². The van der Waals surface area contributed by atoms with Gasteiger partial charge < -0.3 is 14.3 Å². The molecule has 0 aliphatic heterocycles. The molecule has 3 aromatic carbocycles. The van der Waals surface area contributed by atoms with E-state index in [1.807, 2.05) is 61.5 Å². The number of nitrogens with zero attached hydrogens (tertiary/aromatic N) is 1. The van der Waals surface area contributed by atoms with E-state index < -0.39 is 0 Å². The van der Waals surface area contributed by atoms with Crippen molar-refractivity contribution < 1.29 is 9.21 Å². The predicted molar refractivity (Wildman–Crippen MR) is 129 cm³/mol. The molecule has 32 heavy (non-hydrogen) atoms. The molecule has 5 aromatic rings. The first kappa shape index (κ1) is 19.9. The van der Waals surface area contributed by atoms with Crippen LogP contribution in [0.3, 0.4) is 0 Å². The van der Waals surface area contributed by atoms with Gasteiger partial charge in [0.25, 0.3) is 0 Å². The van der Waals surface area contributed by atoms with Gasteiger partial charge in [-0.15, -0.1) is 0 Å². The van der Waals surface area contributed by atoms with E-state index in [1.54, 1.807) is 6.26 Å². The summed E-state index contributed by atoms with van der Waals surface area (Å²) < 4.78 is 7.78. The van der Waals surface area contributed by atoms with Gasteiger partial charge in [0.1, 0.15) is 11.6 Å². The minimum absolute atomic E-state index is 0.0541. The van der Waals surface area contributed by atoms with Crippen molar-refractivity contribution in [2.24, 2.45) is 0 Å².